The van der Waals surface area contributed by atoms with E-state index in [2.05, 4.69) is 20.5 Å². The fourth-order valence-corrected chi connectivity index (χ4v) is 1.65. The molecule has 1 amide bonds. The van der Waals surface area contributed by atoms with Crippen molar-refractivity contribution >= 4 is 17.3 Å². The SMILES string of the molecule is Nc1cc(C(=O)NCCc2ncn[nH]2)c([N+](=O)[O-])cc1F. The molecule has 0 radical (unpaired) electrons. The van der Waals surface area contributed by atoms with Crippen LogP contribution in [0.5, 0.6) is 0 Å². The number of H-pyrrole nitrogens is 1. The Morgan fingerprint density at radius 1 is 1.52 bits per heavy atom. The van der Waals surface area contributed by atoms with Gasteiger partial charge in [0.1, 0.15) is 17.7 Å². The highest BCUT2D eigenvalue weighted by Gasteiger charge is 2.22. The van der Waals surface area contributed by atoms with Crippen LogP contribution in [0.4, 0.5) is 15.8 Å². The van der Waals surface area contributed by atoms with Gasteiger partial charge in [0.15, 0.2) is 5.82 Å². The predicted octanol–water partition coefficient (Wildman–Crippen LogP) is 0.407. The van der Waals surface area contributed by atoms with Crippen LogP contribution in [0.15, 0.2) is 18.5 Å². The number of benzene rings is 1. The van der Waals surface area contributed by atoms with Crippen LogP contribution in [-0.4, -0.2) is 32.6 Å². The van der Waals surface area contributed by atoms with Crippen molar-refractivity contribution < 1.29 is 14.1 Å². The van der Waals surface area contributed by atoms with Crippen LogP contribution in [-0.2, 0) is 6.42 Å². The number of nitrogens with zero attached hydrogens (tertiary/aromatic N) is 3. The lowest BCUT2D eigenvalue weighted by Gasteiger charge is -2.06. The molecule has 21 heavy (non-hydrogen) atoms. The van der Waals surface area contributed by atoms with Gasteiger partial charge >= 0.3 is 0 Å². The number of hydrogen-bond acceptors (Lipinski definition) is 6. The zero-order chi connectivity index (χ0) is 15.4. The number of aromatic amines is 1. The normalized spacial score (nSPS) is 10.3. The van der Waals surface area contributed by atoms with Gasteiger partial charge in [-0.15, -0.1) is 0 Å². The van der Waals surface area contributed by atoms with Crippen LogP contribution >= 0.6 is 0 Å². The Kier molecular flexibility index (Phi) is 4.07. The Hall–Kier alpha value is -3.04. The third-order valence-corrected chi connectivity index (χ3v) is 2.67. The number of carbonyl (C=O) groups excluding carboxylic acids is 1. The second-order valence-corrected chi connectivity index (χ2v) is 4.09. The number of amides is 1. The molecule has 1 aromatic carbocycles. The number of anilines is 1. The Balaban J connectivity index is 2.11. The van der Waals surface area contributed by atoms with E-state index in [1.54, 1.807) is 0 Å². The quantitative estimate of drug-likeness (QED) is 0.414. The van der Waals surface area contributed by atoms with Crippen LogP contribution in [0.2, 0.25) is 0 Å². The van der Waals surface area contributed by atoms with Gasteiger partial charge in [-0.2, -0.15) is 5.10 Å². The maximum Gasteiger partial charge on any atom is 0.285 e. The van der Waals surface area contributed by atoms with E-state index < -0.39 is 22.3 Å². The molecule has 110 valence electrons. The monoisotopic (exact) mass is 294 g/mol. The number of halogens is 1. The predicted molar refractivity (Wildman–Crippen MR) is 69.9 cm³/mol. The Morgan fingerprint density at radius 3 is 2.90 bits per heavy atom. The molecule has 0 bridgehead atoms. The van der Waals surface area contributed by atoms with Gasteiger partial charge in [-0.05, 0) is 6.07 Å². The van der Waals surface area contributed by atoms with E-state index in [0.717, 1.165) is 6.07 Å². The smallest absolute Gasteiger partial charge is 0.285 e. The Morgan fingerprint density at radius 2 is 2.29 bits per heavy atom. The van der Waals surface area contributed by atoms with E-state index >= 15 is 0 Å². The molecule has 0 unspecified atom stereocenters. The number of nitrogens with two attached hydrogens (primary N) is 1. The second-order valence-electron chi connectivity index (χ2n) is 4.09. The molecule has 0 saturated carbocycles. The molecule has 1 aromatic heterocycles. The van der Waals surface area contributed by atoms with Crippen LogP contribution in [0.25, 0.3) is 0 Å². The molecule has 0 aliphatic heterocycles. The lowest BCUT2D eigenvalue weighted by molar-refractivity contribution is -0.385. The number of rotatable bonds is 5. The summed E-state index contributed by atoms with van der Waals surface area (Å²) in [6.07, 6.45) is 1.69. The molecule has 0 aliphatic rings. The van der Waals surface area contributed by atoms with E-state index in [4.69, 9.17) is 5.73 Å². The highest BCUT2D eigenvalue weighted by Crippen LogP contribution is 2.24. The fourth-order valence-electron chi connectivity index (χ4n) is 1.65. The van der Waals surface area contributed by atoms with E-state index in [9.17, 15) is 19.3 Å². The van der Waals surface area contributed by atoms with E-state index in [1.165, 1.54) is 6.33 Å². The van der Waals surface area contributed by atoms with Crippen molar-refractivity contribution in [2.24, 2.45) is 0 Å². The lowest BCUT2D eigenvalue weighted by atomic mass is 10.1. The van der Waals surface area contributed by atoms with Gasteiger partial charge in [-0.1, -0.05) is 0 Å². The summed E-state index contributed by atoms with van der Waals surface area (Å²) in [5.74, 6) is -1.10. The number of nitro groups is 1. The van der Waals surface area contributed by atoms with Crippen LogP contribution < -0.4 is 11.1 Å². The van der Waals surface area contributed by atoms with Gasteiger partial charge in [0.25, 0.3) is 11.6 Å². The van der Waals surface area contributed by atoms with Gasteiger partial charge in [0, 0.05) is 13.0 Å². The van der Waals surface area contributed by atoms with Gasteiger partial charge in [-0.3, -0.25) is 20.0 Å². The summed E-state index contributed by atoms with van der Waals surface area (Å²) in [5, 5.41) is 19.6. The highest BCUT2D eigenvalue weighted by atomic mass is 19.1. The maximum atomic E-state index is 13.2. The van der Waals surface area contributed by atoms with Gasteiger partial charge < -0.3 is 11.1 Å². The zero-order valence-electron chi connectivity index (χ0n) is 10.7. The molecule has 1 heterocycles. The molecule has 0 fully saturated rings. The van der Waals surface area contributed by atoms with Crippen LogP contribution in [0.1, 0.15) is 16.2 Å². The van der Waals surface area contributed by atoms with Crippen molar-refractivity contribution in [2.45, 2.75) is 6.42 Å². The fraction of sp³-hybridized carbons (Fsp3) is 0.182. The van der Waals surface area contributed by atoms with Crippen molar-refractivity contribution in [3.63, 3.8) is 0 Å². The van der Waals surface area contributed by atoms with Crippen LogP contribution in [0.3, 0.4) is 0 Å². The zero-order valence-corrected chi connectivity index (χ0v) is 10.7. The summed E-state index contributed by atoms with van der Waals surface area (Å²) >= 11 is 0. The molecule has 0 atom stereocenters. The first kappa shape index (κ1) is 14.4. The summed E-state index contributed by atoms with van der Waals surface area (Å²) in [6.45, 7) is 0.183. The maximum absolute atomic E-state index is 13.2. The first-order valence-electron chi connectivity index (χ1n) is 5.85. The minimum Gasteiger partial charge on any atom is -0.396 e. The van der Waals surface area contributed by atoms with Gasteiger partial charge in [0.2, 0.25) is 0 Å². The average molecular weight is 294 g/mol. The molecule has 0 aliphatic carbocycles. The molecule has 10 heteroatoms. The Bertz CT molecular complexity index is 673. The summed E-state index contributed by atoms with van der Waals surface area (Å²) in [4.78, 5) is 25.8. The van der Waals surface area contributed by atoms with Crippen molar-refractivity contribution in [3.8, 4) is 0 Å². The number of nitrogen functional groups attached to an aromatic ring is 1. The van der Waals surface area contributed by atoms with Crippen molar-refractivity contribution in [2.75, 3.05) is 12.3 Å². The van der Waals surface area contributed by atoms with E-state index in [-0.39, 0.29) is 17.8 Å². The lowest BCUT2D eigenvalue weighted by Crippen LogP contribution is -2.27. The average Bonchev–Trinajstić information content (AvgIpc) is 2.94. The summed E-state index contributed by atoms with van der Waals surface area (Å²) in [7, 11) is 0. The molecule has 0 saturated heterocycles. The topological polar surface area (TPSA) is 140 Å². The third kappa shape index (κ3) is 3.29. The highest BCUT2D eigenvalue weighted by molar-refractivity contribution is 5.99. The third-order valence-electron chi connectivity index (χ3n) is 2.67. The molecular formula is C11H11FN6O3. The first-order valence-corrected chi connectivity index (χ1v) is 5.85. The van der Waals surface area contributed by atoms with Gasteiger partial charge in [0.05, 0.1) is 16.7 Å². The summed E-state index contributed by atoms with van der Waals surface area (Å²) in [5.41, 5.74) is 4.07. The minimum absolute atomic E-state index is 0.183. The number of carbonyl (C=O) groups is 1. The molecule has 9 nitrogen and oxygen atoms in total. The van der Waals surface area contributed by atoms with Crippen molar-refractivity contribution in [3.05, 3.63) is 45.8 Å². The second kappa shape index (κ2) is 5.94. The molecule has 2 rings (SSSR count). The van der Waals surface area contributed by atoms with E-state index in [0.29, 0.717) is 18.3 Å². The Labute approximate surface area is 117 Å². The number of aromatic nitrogens is 3. The van der Waals surface area contributed by atoms with Gasteiger partial charge in [-0.25, -0.2) is 9.37 Å². The first-order chi connectivity index (χ1) is 9.99. The largest absolute Gasteiger partial charge is 0.396 e. The standard InChI is InChI=1S/C11H11FN6O3/c12-7-4-9(18(20)21)6(3-8(7)13)11(19)14-2-1-10-15-5-16-17-10/h3-5H,1-2,13H2,(H,14,19)(H,15,16,17). The number of hydrogen-bond donors (Lipinski definition) is 3. The number of nitro benzene ring substituents is 1. The number of nitrogens with one attached hydrogen (secondary N) is 2. The summed E-state index contributed by atoms with van der Waals surface area (Å²) < 4.78 is 13.2. The van der Waals surface area contributed by atoms with Crippen molar-refractivity contribution in [1.82, 2.24) is 20.5 Å². The minimum atomic E-state index is -0.945. The molecule has 2 aromatic rings. The summed E-state index contributed by atoms with van der Waals surface area (Å²) in [6, 6.07) is 1.57. The van der Waals surface area contributed by atoms with Crippen LogP contribution in [0, 0.1) is 15.9 Å². The molecular weight excluding hydrogens is 283 g/mol. The van der Waals surface area contributed by atoms with E-state index in [1.807, 2.05) is 0 Å². The molecule has 0 spiro atoms. The molecule has 4 N–H and O–H groups in total. The van der Waals surface area contributed by atoms with Crippen molar-refractivity contribution in [1.29, 1.82) is 0 Å².